The van der Waals surface area contributed by atoms with Gasteiger partial charge < -0.3 is 10.4 Å². The van der Waals surface area contributed by atoms with Crippen LogP contribution in [-0.2, 0) is 6.42 Å². The van der Waals surface area contributed by atoms with Crippen molar-refractivity contribution in [3.63, 3.8) is 0 Å². The fourth-order valence-electron chi connectivity index (χ4n) is 1.43. The Hall–Kier alpha value is -1.02. The molecular formula is C12H19NO. The van der Waals surface area contributed by atoms with Crippen molar-refractivity contribution in [3.05, 3.63) is 29.8 Å². The van der Waals surface area contributed by atoms with Crippen molar-refractivity contribution in [2.45, 2.75) is 20.3 Å². The number of nitrogens with one attached hydrogen (secondary N) is 1. The Bertz CT molecular complexity index is 254. The summed E-state index contributed by atoms with van der Waals surface area (Å²) in [5, 5.41) is 11.8. The van der Waals surface area contributed by atoms with Crippen molar-refractivity contribution < 1.29 is 5.11 Å². The van der Waals surface area contributed by atoms with E-state index >= 15 is 0 Å². The lowest BCUT2D eigenvalue weighted by atomic mass is 10.0. The van der Waals surface area contributed by atoms with E-state index in [1.165, 1.54) is 5.56 Å². The predicted molar refractivity (Wildman–Crippen MR) is 60.6 cm³/mol. The van der Waals surface area contributed by atoms with E-state index in [2.05, 4.69) is 43.4 Å². The van der Waals surface area contributed by atoms with E-state index < -0.39 is 0 Å². The highest BCUT2D eigenvalue weighted by Gasteiger charge is 1.97. The normalized spacial score (nSPS) is 10.6. The monoisotopic (exact) mass is 193 g/mol. The first-order chi connectivity index (χ1) is 6.72. The largest absolute Gasteiger partial charge is 0.395 e. The zero-order valence-corrected chi connectivity index (χ0v) is 8.96. The van der Waals surface area contributed by atoms with Crippen LogP contribution in [0, 0.1) is 5.92 Å². The van der Waals surface area contributed by atoms with Crippen LogP contribution < -0.4 is 5.32 Å². The fraction of sp³-hybridized carbons (Fsp3) is 0.500. The van der Waals surface area contributed by atoms with Gasteiger partial charge in [0.2, 0.25) is 0 Å². The third-order valence-corrected chi connectivity index (χ3v) is 2.04. The molecule has 0 heterocycles. The molecule has 0 unspecified atom stereocenters. The lowest BCUT2D eigenvalue weighted by molar-refractivity contribution is 0.311. The molecular weight excluding hydrogens is 174 g/mol. The highest BCUT2D eigenvalue weighted by Crippen LogP contribution is 2.12. The molecule has 0 bridgehead atoms. The van der Waals surface area contributed by atoms with Crippen LogP contribution in [0.15, 0.2) is 24.3 Å². The Kier molecular flexibility index (Phi) is 4.47. The van der Waals surface area contributed by atoms with Gasteiger partial charge in [0.05, 0.1) is 6.61 Å². The molecule has 0 fully saturated rings. The average molecular weight is 193 g/mol. The zero-order valence-electron chi connectivity index (χ0n) is 8.96. The van der Waals surface area contributed by atoms with Gasteiger partial charge in [0, 0.05) is 12.2 Å². The summed E-state index contributed by atoms with van der Waals surface area (Å²) < 4.78 is 0. The van der Waals surface area contributed by atoms with Crippen molar-refractivity contribution in [2.75, 3.05) is 18.5 Å². The van der Waals surface area contributed by atoms with Crippen LogP contribution in [-0.4, -0.2) is 18.3 Å². The Balaban J connectivity index is 2.50. The van der Waals surface area contributed by atoms with E-state index in [9.17, 15) is 0 Å². The van der Waals surface area contributed by atoms with E-state index in [4.69, 9.17) is 5.11 Å². The van der Waals surface area contributed by atoms with Gasteiger partial charge >= 0.3 is 0 Å². The van der Waals surface area contributed by atoms with Crippen molar-refractivity contribution in [3.8, 4) is 0 Å². The zero-order chi connectivity index (χ0) is 10.4. The molecule has 0 radical (unpaired) electrons. The molecule has 1 aromatic rings. The summed E-state index contributed by atoms with van der Waals surface area (Å²) in [4.78, 5) is 0. The van der Waals surface area contributed by atoms with Gasteiger partial charge in [-0.3, -0.25) is 0 Å². The van der Waals surface area contributed by atoms with E-state index in [-0.39, 0.29) is 6.61 Å². The Morgan fingerprint density at radius 2 is 1.86 bits per heavy atom. The molecule has 0 atom stereocenters. The molecule has 1 rings (SSSR count). The molecule has 1 aromatic carbocycles. The number of hydrogen-bond donors (Lipinski definition) is 2. The molecule has 0 aliphatic rings. The third-order valence-electron chi connectivity index (χ3n) is 2.04. The van der Waals surface area contributed by atoms with E-state index in [0.29, 0.717) is 12.5 Å². The fourth-order valence-corrected chi connectivity index (χ4v) is 1.43. The second-order valence-corrected chi connectivity index (χ2v) is 3.95. The number of rotatable bonds is 5. The molecule has 14 heavy (non-hydrogen) atoms. The summed E-state index contributed by atoms with van der Waals surface area (Å²) in [7, 11) is 0. The van der Waals surface area contributed by atoms with Gasteiger partial charge in [-0.15, -0.1) is 0 Å². The van der Waals surface area contributed by atoms with Crippen molar-refractivity contribution >= 4 is 5.69 Å². The summed E-state index contributed by atoms with van der Waals surface area (Å²) in [6.45, 7) is 5.23. The van der Waals surface area contributed by atoms with Crippen LogP contribution >= 0.6 is 0 Å². The molecule has 0 amide bonds. The number of benzene rings is 1. The van der Waals surface area contributed by atoms with Crippen LogP contribution in [0.3, 0.4) is 0 Å². The smallest absolute Gasteiger partial charge is 0.0604 e. The molecule has 0 aromatic heterocycles. The summed E-state index contributed by atoms with van der Waals surface area (Å²) in [5.74, 6) is 0.700. The van der Waals surface area contributed by atoms with E-state index in [0.717, 1.165) is 12.1 Å². The van der Waals surface area contributed by atoms with Crippen LogP contribution in [0.25, 0.3) is 0 Å². The molecule has 0 spiro atoms. The second kappa shape index (κ2) is 5.66. The molecule has 0 saturated carbocycles. The first-order valence-electron chi connectivity index (χ1n) is 5.16. The van der Waals surface area contributed by atoms with Gasteiger partial charge in [0.25, 0.3) is 0 Å². The quantitative estimate of drug-likeness (QED) is 0.752. The standard InChI is InChI=1S/C12H19NO/c1-10(2)9-11-3-5-12(6-4-11)13-7-8-14/h3-6,10,13-14H,7-9H2,1-2H3. The summed E-state index contributed by atoms with van der Waals surface area (Å²) in [6, 6.07) is 8.40. The minimum Gasteiger partial charge on any atom is -0.395 e. The second-order valence-electron chi connectivity index (χ2n) is 3.95. The molecule has 78 valence electrons. The Morgan fingerprint density at radius 1 is 1.21 bits per heavy atom. The molecule has 0 aliphatic heterocycles. The van der Waals surface area contributed by atoms with Crippen LogP contribution in [0.1, 0.15) is 19.4 Å². The molecule has 2 heteroatoms. The SMILES string of the molecule is CC(C)Cc1ccc(NCCO)cc1. The van der Waals surface area contributed by atoms with Crippen molar-refractivity contribution in [2.24, 2.45) is 5.92 Å². The molecule has 0 aliphatic carbocycles. The number of aliphatic hydroxyl groups excluding tert-OH is 1. The average Bonchev–Trinajstić information content (AvgIpc) is 2.16. The van der Waals surface area contributed by atoms with Gasteiger partial charge in [-0.1, -0.05) is 26.0 Å². The number of anilines is 1. The lowest BCUT2D eigenvalue weighted by Crippen LogP contribution is -2.05. The van der Waals surface area contributed by atoms with Crippen molar-refractivity contribution in [1.29, 1.82) is 0 Å². The van der Waals surface area contributed by atoms with E-state index in [1.807, 2.05) is 0 Å². The highest BCUT2D eigenvalue weighted by atomic mass is 16.3. The van der Waals surface area contributed by atoms with E-state index in [1.54, 1.807) is 0 Å². The molecule has 0 saturated heterocycles. The number of aliphatic hydroxyl groups is 1. The molecule has 2 nitrogen and oxygen atoms in total. The van der Waals surface area contributed by atoms with Gasteiger partial charge in [-0.25, -0.2) is 0 Å². The first-order valence-corrected chi connectivity index (χ1v) is 5.16. The summed E-state index contributed by atoms with van der Waals surface area (Å²) in [5.41, 5.74) is 2.45. The maximum absolute atomic E-state index is 8.64. The predicted octanol–water partition coefficient (Wildman–Crippen LogP) is 2.29. The Morgan fingerprint density at radius 3 is 2.36 bits per heavy atom. The van der Waals surface area contributed by atoms with Crippen molar-refractivity contribution in [1.82, 2.24) is 0 Å². The third kappa shape index (κ3) is 3.79. The topological polar surface area (TPSA) is 32.3 Å². The van der Waals surface area contributed by atoms with Gasteiger partial charge in [0.15, 0.2) is 0 Å². The molecule has 2 N–H and O–H groups in total. The van der Waals surface area contributed by atoms with Crippen LogP contribution in [0.5, 0.6) is 0 Å². The first kappa shape index (κ1) is 11.1. The Labute approximate surface area is 86.0 Å². The van der Waals surface area contributed by atoms with Crippen LogP contribution in [0.2, 0.25) is 0 Å². The van der Waals surface area contributed by atoms with Gasteiger partial charge in [-0.05, 0) is 30.0 Å². The summed E-state index contributed by atoms with van der Waals surface area (Å²) >= 11 is 0. The van der Waals surface area contributed by atoms with Crippen LogP contribution in [0.4, 0.5) is 5.69 Å². The minimum atomic E-state index is 0.174. The maximum Gasteiger partial charge on any atom is 0.0604 e. The van der Waals surface area contributed by atoms with Gasteiger partial charge in [0.1, 0.15) is 0 Å². The summed E-state index contributed by atoms with van der Waals surface area (Å²) in [6.07, 6.45) is 1.13. The van der Waals surface area contributed by atoms with Gasteiger partial charge in [-0.2, -0.15) is 0 Å². The number of hydrogen-bond acceptors (Lipinski definition) is 2. The minimum absolute atomic E-state index is 0.174. The maximum atomic E-state index is 8.64. The highest BCUT2D eigenvalue weighted by molar-refractivity contribution is 5.44. The lowest BCUT2D eigenvalue weighted by Gasteiger charge is -2.07.